The number of imide groups is 1. The first-order chi connectivity index (χ1) is 18.5. The van der Waals surface area contributed by atoms with E-state index in [0.717, 1.165) is 4.90 Å². The topological polar surface area (TPSA) is 189 Å². The van der Waals surface area contributed by atoms with Crippen molar-refractivity contribution in [3.05, 3.63) is 34.9 Å². The molecule has 0 aliphatic carbocycles. The standard InChI is InChI=1S/C25H31BrN8O5/c1-25(2,22(27)38)23(39)29-11-4-10-28-21-17(26)14-30-24(33-21)32-16-6-3-5-15(13-16)31-18(35)7-8-19(36)34-12-9-20(34)37/h3,5-6,13-14H,4,7-12H2,1-2H3,(H2,27,38)(H,29,39)(H,31,35)(H2,28,30,32,33). The zero-order valence-corrected chi connectivity index (χ0v) is 23.3. The van der Waals surface area contributed by atoms with Crippen LogP contribution >= 0.6 is 15.9 Å². The number of nitrogens with two attached hydrogens (primary N) is 1. The van der Waals surface area contributed by atoms with E-state index in [4.69, 9.17) is 5.73 Å². The summed E-state index contributed by atoms with van der Waals surface area (Å²) in [5.41, 5.74) is 5.13. The fourth-order valence-corrected chi connectivity index (χ4v) is 3.67. The molecule has 0 saturated carbocycles. The summed E-state index contributed by atoms with van der Waals surface area (Å²) in [6.45, 7) is 4.20. The largest absolute Gasteiger partial charge is 0.369 e. The molecular weight excluding hydrogens is 572 g/mol. The summed E-state index contributed by atoms with van der Waals surface area (Å²) in [6, 6.07) is 6.94. The van der Waals surface area contributed by atoms with Crippen molar-refractivity contribution in [1.82, 2.24) is 20.2 Å². The van der Waals surface area contributed by atoms with Gasteiger partial charge in [-0.3, -0.25) is 28.9 Å². The molecular formula is C25H31BrN8O5. The predicted molar refractivity (Wildman–Crippen MR) is 148 cm³/mol. The Bertz CT molecular complexity index is 1270. The molecule has 14 heteroatoms. The van der Waals surface area contributed by atoms with Gasteiger partial charge in [0.25, 0.3) is 0 Å². The number of carbonyl (C=O) groups is 5. The maximum absolute atomic E-state index is 12.3. The number of amides is 5. The molecule has 0 spiro atoms. The molecule has 1 aromatic heterocycles. The SMILES string of the molecule is CC(C)(C(N)=O)C(=O)NCCCNc1nc(Nc2cccc(NC(=O)CCC(=O)N3CCC3=O)c2)ncc1Br. The van der Waals surface area contributed by atoms with E-state index in [1.165, 1.54) is 13.8 Å². The van der Waals surface area contributed by atoms with Gasteiger partial charge in [-0.2, -0.15) is 4.98 Å². The second-order valence-electron chi connectivity index (χ2n) is 9.36. The third kappa shape index (κ3) is 8.21. The number of halogens is 1. The molecule has 1 fully saturated rings. The average molecular weight is 603 g/mol. The van der Waals surface area contributed by atoms with Gasteiger partial charge in [0.2, 0.25) is 35.5 Å². The number of nitrogens with one attached hydrogen (secondary N) is 4. The van der Waals surface area contributed by atoms with E-state index in [2.05, 4.69) is 47.2 Å². The molecule has 1 aliphatic rings. The summed E-state index contributed by atoms with van der Waals surface area (Å²) >= 11 is 3.40. The number of hydrogen-bond donors (Lipinski definition) is 5. The third-order valence-electron chi connectivity index (χ3n) is 5.98. The fourth-order valence-electron chi connectivity index (χ4n) is 3.34. The minimum Gasteiger partial charge on any atom is -0.369 e. The van der Waals surface area contributed by atoms with E-state index in [1.54, 1.807) is 30.5 Å². The van der Waals surface area contributed by atoms with E-state index in [0.29, 0.717) is 60.1 Å². The van der Waals surface area contributed by atoms with Crippen LogP contribution in [-0.4, -0.2) is 64.0 Å². The van der Waals surface area contributed by atoms with Gasteiger partial charge in [-0.15, -0.1) is 0 Å². The van der Waals surface area contributed by atoms with Crippen LogP contribution in [-0.2, 0) is 24.0 Å². The Morgan fingerprint density at radius 2 is 1.87 bits per heavy atom. The van der Waals surface area contributed by atoms with Gasteiger partial charge in [0.1, 0.15) is 11.2 Å². The smallest absolute Gasteiger partial charge is 0.235 e. The van der Waals surface area contributed by atoms with Crippen molar-refractivity contribution >= 4 is 68.6 Å². The number of benzene rings is 1. The highest BCUT2D eigenvalue weighted by atomic mass is 79.9. The highest BCUT2D eigenvalue weighted by Crippen LogP contribution is 2.23. The zero-order chi connectivity index (χ0) is 28.6. The van der Waals surface area contributed by atoms with Crippen LogP contribution in [0.3, 0.4) is 0 Å². The number of primary amides is 1. The van der Waals surface area contributed by atoms with Crippen LogP contribution in [0, 0.1) is 5.41 Å². The normalized spacial score (nSPS) is 12.8. The second-order valence-corrected chi connectivity index (χ2v) is 10.2. The van der Waals surface area contributed by atoms with Crippen LogP contribution in [0.15, 0.2) is 34.9 Å². The molecule has 3 rings (SSSR count). The van der Waals surface area contributed by atoms with Crippen LogP contribution in [0.25, 0.3) is 0 Å². The molecule has 5 amide bonds. The lowest BCUT2D eigenvalue weighted by Gasteiger charge is -2.28. The Labute approximate surface area is 233 Å². The monoisotopic (exact) mass is 602 g/mol. The summed E-state index contributed by atoms with van der Waals surface area (Å²) in [4.78, 5) is 68.9. The van der Waals surface area contributed by atoms with Crippen molar-refractivity contribution in [2.24, 2.45) is 11.1 Å². The number of β-lactam (4-membered cyclic amide) rings is 1. The molecule has 0 atom stereocenters. The summed E-state index contributed by atoms with van der Waals surface area (Å²) in [5, 5.41) is 11.7. The van der Waals surface area contributed by atoms with Gasteiger partial charge in [0, 0.05) is 56.5 Å². The second kappa shape index (κ2) is 13.1. The van der Waals surface area contributed by atoms with Crippen LogP contribution in [0.4, 0.5) is 23.1 Å². The van der Waals surface area contributed by atoms with Gasteiger partial charge >= 0.3 is 0 Å². The molecule has 208 valence electrons. The summed E-state index contributed by atoms with van der Waals surface area (Å²) in [6.07, 6.45) is 2.46. The molecule has 1 aromatic carbocycles. The maximum Gasteiger partial charge on any atom is 0.235 e. The minimum absolute atomic E-state index is 0.0301. The van der Waals surface area contributed by atoms with E-state index in [1.807, 2.05) is 0 Å². The van der Waals surface area contributed by atoms with Crippen LogP contribution in [0.1, 0.15) is 39.5 Å². The molecule has 0 bridgehead atoms. The molecule has 13 nitrogen and oxygen atoms in total. The number of aromatic nitrogens is 2. The number of rotatable bonds is 13. The van der Waals surface area contributed by atoms with Gasteiger partial charge in [-0.1, -0.05) is 6.07 Å². The van der Waals surface area contributed by atoms with Crippen molar-refractivity contribution in [2.45, 2.75) is 39.5 Å². The molecule has 0 unspecified atom stereocenters. The fraction of sp³-hybridized carbons (Fsp3) is 0.400. The Kier molecular flexibility index (Phi) is 9.93. The summed E-state index contributed by atoms with van der Waals surface area (Å²) in [5.74, 6) is -1.16. The lowest BCUT2D eigenvalue weighted by atomic mass is 9.91. The van der Waals surface area contributed by atoms with Gasteiger partial charge < -0.3 is 27.0 Å². The molecule has 2 aromatic rings. The highest BCUT2D eigenvalue weighted by Gasteiger charge is 2.33. The molecule has 6 N–H and O–H groups in total. The maximum atomic E-state index is 12.3. The van der Waals surface area contributed by atoms with Crippen LogP contribution < -0.4 is 27.0 Å². The first kappa shape index (κ1) is 29.5. The first-order valence-corrected chi connectivity index (χ1v) is 13.1. The van der Waals surface area contributed by atoms with Gasteiger partial charge in [0.05, 0.1) is 4.47 Å². The van der Waals surface area contributed by atoms with Crippen molar-refractivity contribution in [2.75, 3.05) is 35.6 Å². The van der Waals surface area contributed by atoms with Gasteiger partial charge in [0.15, 0.2) is 0 Å². The number of hydrogen-bond acceptors (Lipinski definition) is 9. The Morgan fingerprint density at radius 1 is 1.13 bits per heavy atom. The quantitative estimate of drug-likeness (QED) is 0.129. The number of nitrogens with zero attached hydrogens (tertiary/aromatic N) is 3. The minimum atomic E-state index is -1.28. The number of carbonyl (C=O) groups excluding carboxylic acids is 5. The third-order valence-corrected chi connectivity index (χ3v) is 6.56. The van der Waals surface area contributed by atoms with Crippen molar-refractivity contribution in [1.29, 1.82) is 0 Å². The average Bonchev–Trinajstić information content (AvgIpc) is 2.88. The van der Waals surface area contributed by atoms with Crippen LogP contribution in [0.2, 0.25) is 0 Å². The van der Waals surface area contributed by atoms with Gasteiger partial charge in [-0.05, 0) is 54.4 Å². The van der Waals surface area contributed by atoms with E-state index in [-0.39, 0.29) is 30.6 Å². The first-order valence-electron chi connectivity index (χ1n) is 12.3. The predicted octanol–water partition coefficient (Wildman–Crippen LogP) is 1.89. The zero-order valence-electron chi connectivity index (χ0n) is 21.7. The molecule has 2 heterocycles. The molecule has 1 saturated heterocycles. The summed E-state index contributed by atoms with van der Waals surface area (Å²) < 4.78 is 0.641. The Morgan fingerprint density at radius 3 is 2.54 bits per heavy atom. The van der Waals surface area contributed by atoms with E-state index in [9.17, 15) is 24.0 Å². The van der Waals surface area contributed by atoms with Crippen molar-refractivity contribution in [3.8, 4) is 0 Å². The molecule has 0 radical (unpaired) electrons. The van der Waals surface area contributed by atoms with Gasteiger partial charge in [-0.25, -0.2) is 4.98 Å². The lowest BCUT2D eigenvalue weighted by Crippen LogP contribution is -2.47. The molecule has 1 aliphatic heterocycles. The number of anilines is 4. The highest BCUT2D eigenvalue weighted by molar-refractivity contribution is 9.10. The van der Waals surface area contributed by atoms with E-state index < -0.39 is 17.2 Å². The lowest BCUT2D eigenvalue weighted by molar-refractivity contribution is -0.152. The molecule has 39 heavy (non-hydrogen) atoms. The Balaban J connectivity index is 1.48. The van der Waals surface area contributed by atoms with Crippen molar-refractivity contribution < 1.29 is 24.0 Å². The Hall–Kier alpha value is -4.07. The van der Waals surface area contributed by atoms with Crippen LogP contribution in [0.5, 0.6) is 0 Å². The summed E-state index contributed by atoms with van der Waals surface area (Å²) in [7, 11) is 0. The van der Waals surface area contributed by atoms with E-state index >= 15 is 0 Å². The van der Waals surface area contributed by atoms with Crippen molar-refractivity contribution in [3.63, 3.8) is 0 Å². The number of likely N-dealkylation sites (tertiary alicyclic amines) is 1.